The predicted molar refractivity (Wildman–Crippen MR) is 119 cm³/mol. The molecule has 4 aromatic rings. The number of carbonyl (C=O) groups is 2. The Bertz CT molecular complexity index is 1270. The highest BCUT2D eigenvalue weighted by Gasteiger charge is 2.23. The molecule has 0 bridgehead atoms. The SMILES string of the molecule is CCn1ncc(NC(=O)c2sc3ccccc3c2Cl)c1C(=O)Nc1cnn(C)c1C. The van der Waals surface area contributed by atoms with Gasteiger partial charge in [0.15, 0.2) is 0 Å². The van der Waals surface area contributed by atoms with Crippen LogP contribution in [0.3, 0.4) is 0 Å². The molecule has 0 aliphatic rings. The van der Waals surface area contributed by atoms with Crippen molar-refractivity contribution >= 4 is 56.2 Å². The van der Waals surface area contributed by atoms with Crippen molar-refractivity contribution in [1.82, 2.24) is 19.6 Å². The first-order valence-corrected chi connectivity index (χ1v) is 10.4. The van der Waals surface area contributed by atoms with E-state index in [1.54, 1.807) is 17.9 Å². The topological polar surface area (TPSA) is 93.8 Å². The molecule has 0 saturated heterocycles. The molecular formula is C20H19ClN6O2S. The molecule has 0 aliphatic heterocycles. The van der Waals surface area contributed by atoms with Crippen LogP contribution in [-0.2, 0) is 13.6 Å². The van der Waals surface area contributed by atoms with Crippen LogP contribution in [-0.4, -0.2) is 31.4 Å². The summed E-state index contributed by atoms with van der Waals surface area (Å²) in [4.78, 5) is 26.3. The number of carbonyl (C=O) groups excluding carboxylic acids is 2. The summed E-state index contributed by atoms with van der Waals surface area (Å²) in [6, 6.07) is 7.55. The number of nitrogens with one attached hydrogen (secondary N) is 2. The third kappa shape index (κ3) is 3.46. The monoisotopic (exact) mass is 442 g/mol. The highest BCUT2D eigenvalue weighted by molar-refractivity contribution is 7.21. The maximum absolute atomic E-state index is 13.0. The summed E-state index contributed by atoms with van der Waals surface area (Å²) >= 11 is 7.72. The summed E-state index contributed by atoms with van der Waals surface area (Å²) < 4.78 is 4.11. The second-order valence-electron chi connectivity index (χ2n) is 6.64. The molecule has 0 radical (unpaired) electrons. The number of hydrogen-bond donors (Lipinski definition) is 2. The Labute approximate surface area is 181 Å². The lowest BCUT2D eigenvalue weighted by molar-refractivity contribution is 0.101. The highest BCUT2D eigenvalue weighted by atomic mass is 35.5. The summed E-state index contributed by atoms with van der Waals surface area (Å²) in [5, 5.41) is 15.2. The number of thiophene rings is 1. The molecule has 0 aliphatic carbocycles. The fraction of sp³-hybridized carbons (Fsp3) is 0.200. The Morgan fingerprint density at radius 3 is 2.47 bits per heavy atom. The van der Waals surface area contributed by atoms with Gasteiger partial charge in [-0.25, -0.2) is 0 Å². The molecular weight excluding hydrogens is 424 g/mol. The fourth-order valence-corrected chi connectivity index (χ4v) is 4.51. The van der Waals surface area contributed by atoms with E-state index in [0.717, 1.165) is 15.8 Å². The van der Waals surface area contributed by atoms with Crippen LogP contribution in [0.4, 0.5) is 11.4 Å². The van der Waals surface area contributed by atoms with Crippen LogP contribution < -0.4 is 10.6 Å². The average Bonchev–Trinajstić information content (AvgIpc) is 3.40. The number of aryl methyl sites for hydroxylation is 2. The molecule has 154 valence electrons. The molecule has 2 N–H and O–H groups in total. The lowest BCUT2D eigenvalue weighted by Gasteiger charge is -2.09. The lowest BCUT2D eigenvalue weighted by Crippen LogP contribution is -2.21. The van der Waals surface area contributed by atoms with E-state index in [-0.39, 0.29) is 17.5 Å². The second kappa shape index (κ2) is 7.92. The van der Waals surface area contributed by atoms with Crippen LogP contribution in [0.2, 0.25) is 5.02 Å². The molecule has 8 nitrogen and oxygen atoms in total. The summed E-state index contributed by atoms with van der Waals surface area (Å²) in [5.41, 5.74) is 1.98. The van der Waals surface area contributed by atoms with E-state index < -0.39 is 0 Å². The molecule has 0 spiro atoms. The van der Waals surface area contributed by atoms with E-state index in [0.29, 0.717) is 27.8 Å². The van der Waals surface area contributed by atoms with Crippen molar-refractivity contribution in [2.45, 2.75) is 20.4 Å². The lowest BCUT2D eigenvalue weighted by atomic mass is 10.2. The molecule has 3 aromatic heterocycles. The zero-order chi connectivity index (χ0) is 21.4. The molecule has 0 fully saturated rings. The number of benzene rings is 1. The molecule has 2 amide bonds. The predicted octanol–water partition coefficient (Wildman–Crippen LogP) is 4.32. The van der Waals surface area contributed by atoms with Crippen LogP contribution in [0.15, 0.2) is 36.7 Å². The van der Waals surface area contributed by atoms with Gasteiger partial charge in [-0.15, -0.1) is 11.3 Å². The van der Waals surface area contributed by atoms with Gasteiger partial charge in [0.05, 0.1) is 34.5 Å². The van der Waals surface area contributed by atoms with Crippen molar-refractivity contribution in [1.29, 1.82) is 0 Å². The quantitative estimate of drug-likeness (QED) is 0.481. The van der Waals surface area contributed by atoms with Crippen molar-refractivity contribution in [3.63, 3.8) is 0 Å². The molecule has 0 unspecified atom stereocenters. The number of fused-ring (bicyclic) bond motifs is 1. The molecule has 3 heterocycles. The van der Waals surface area contributed by atoms with Gasteiger partial charge in [-0.3, -0.25) is 19.0 Å². The second-order valence-corrected chi connectivity index (χ2v) is 8.07. The van der Waals surface area contributed by atoms with Crippen molar-refractivity contribution < 1.29 is 9.59 Å². The summed E-state index contributed by atoms with van der Waals surface area (Å²) in [5.74, 6) is -0.772. The standard InChI is InChI=1S/C20H19ClN6O2S/c1-4-27-17(19(28)24-13-9-22-26(3)11(13)2)14(10-23-27)25-20(29)18-16(21)12-7-5-6-8-15(12)30-18/h5-10H,4H2,1-3H3,(H,24,28)(H,25,29). The van der Waals surface area contributed by atoms with Crippen molar-refractivity contribution in [2.24, 2.45) is 7.05 Å². The summed E-state index contributed by atoms with van der Waals surface area (Å²) in [7, 11) is 1.79. The van der Waals surface area contributed by atoms with Crippen LogP contribution >= 0.6 is 22.9 Å². The van der Waals surface area contributed by atoms with Crippen LogP contribution in [0, 0.1) is 6.92 Å². The Balaban J connectivity index is 1.64. The third-order valence-electron chi connectivity index (χ3n) is 4.83. The first-order valence-electron chi connectivity index (χ1n) is 9.24. The normalized spacial score (nSPS) is 11.1. The van der Waals surface area contributed by atoms with Gasteiger partial charge in [0, 0.05) is 23.7 Å². The van der Waals surface area contributed by atoms with Gasteiger partial charge in [0.2, 0.25) is 0 Å². The van der Waals surface area contributed by atoms with Gasteiger partial charge < -0.3 is 10.6 Å². The first kappa shape index (κ1) is 20.1. The van der Waals surface area contributed by atoms with Crippen LogP contribution in [0.1, 0.15) is 32.8 Å². The maximum atomic E-state index is 13.0. The molecule has 0 atom stereocenters. The summed E-state index contributed by atoms with van der Waals surface area (Å²) in [6.07, 6.45) is 3.04. The van der Waals surface area contributed by atoms with Crippen LogP contribution in [0.25, 0.3) is 10.1 Å². The average molecular weight is 443 g/mol. The third-order valence-corrected chi connectivity index (χ3v) is 6.50. The zero-order valence-corrected chi connectivity index (χ0v) is 18.1. The smallest absolute Gasteiger partial charge is 0.276 e. The Kier molecular flexibility index (Phi) is 5.31. The number of hydrogen-bond acceptors (Lipinski definition) is 5. The minimum absolute atomic E-state index is 0.256. The maximum Gasteiger partial charge on any atom is 0.276 e. The highest BCUT2D eigenvalue weighted by Crippen LogP contribution is 2.35. The van der Waals surface area contributed by atoms with Gasteiger partial charge >= 0.3 is 0 Å². The van der Waals surface area contributed by atoms with Gasteiger partial charge in [-0.1, -0.05) is 29.8 Å². The van der Waals surface area contributed by atoms with Gasteiger partial charge in [-0.05, 0) is 19.9 Å². The molecule has 0 saturated carbocycles. The van der Waals surface area contributed by atoms with Gasteiger partial charge in [0.1, 0.15) is 10.6 Å². The number of anilines is 2. The molecule has 1 aromatic carbocycles. The van der Waals surface area contributed by atoms with E-state index in [1.165, 1.54) is 22.2 Å². The van der Waals surface area contributed by atoms with Gasteiger partial charge in [-0.2, -0.15) is 10.2 Å². The zero-order valence-electron chi connectivity index (χ0n) is 16.6. The number of rotatable bonds is 5. The van der Waals surface area contributed by atoms with Crippen molar-refractivity contribution in [3.8, 4) is 0 Å². The van der Waals surface area contributed by atoms with E-state index in [1.807, 2.05) is 38.1 Å². The van der Waals surface area contributed by atoms with E-state index in [4.69, 9.17) is 11.6 Å². The van der Waals surface area contributed by atoms with E-state index >= 15 is 0 Å². The molecule has 4 rings (SSSR count). The minimum Gasteiger partial charge on any atom is -0.318 e. The number of nitrogens with zero attached hydrogens (tertiary/aromatic N) is 4. The Hall–Kier alpha value is -3.17. The Morgan fingerprint density at radius 1 is 1.10 bits per heavy atom. The van der Waals surface area contributed by atoms with E-state index in [2.05, 4.69) is 20.8 Å². The molecule has 30 heavy (non-hydrogen) atoms. The number of amides is 2. The Morgan fingerprint density at radius 2 is 1.80 bits per heavy atom. The number of aromatic nitrogens is 4. The molecule has 10 heteroatoms. The van der Waals surface area contributed by atoms with Gasteiger partial charge in [0.25, 0.3) is 11.8 Å². The van der Waals surface area contributed by atoms with Crippen LogP contribution in [0.5, 0.6) is 0 Å². The van der Waals surface area contributed by atoms with Crippen molar-refractivity contribution in [3.05, 3.63) is 57.9 Å². The number of halogens is 1. The van der Waals surface area contributed by atoms with E-state index in [9.17, 15) is 9.59 Å². The van der Waals surface area contributed by atoms with Crippen molar-refractivity contribution in [2.75, 3.05) is 10.6 Å². The fourth-order valence-electron chi connectivity index (χ4n) is 3.10. The summed E-state index contributed by atoms with van der Waals surface area (Å²) in [6.45, 7) is 4.19. The first-order chi connectivity index (χ1) is 14.4. The minimum atomic E-state index is -0.386. The largest absolute Gasteiger partial charge is 0.318 e.